The molecule has 0 N–H and O–H groups in total. The van der Waals surface area contributed by atoms with E-state index in [1.165, 1.54) is 12.8 Å². The molecule has 1 aliphatic carbocycles. The first kappa shape index (κ1) is 7.14. The van der Waals surface area contributed by atoms with Gasteiger partial charge in [-0.15, -0.1) is 0 Å². The summed E-state index contributed by atoms with van der Waals surface area (Å²) < 4.78 is 0. The minimum Gasteiger partial charge on any atom is -0.340 e. The van der Waals surface area contributed by atoms with Crippen LogP contribution < -0.4 is 0 Å². The lowest BCUT2D eigenvalue weighted by atomic mass is 10.2. The van der Waals surface area contributed by atoms with Gasteiger partial charge < -0.3 is 4.90 Å². The molecular formula is C9H14NO. The molecule has 2 aliphatic rings. The van der Waals surface area contributed by atoms with Gasteiger partial charge in [0.05, 0.1) is 0 Å². The summed E-state index contributed by atoms with van der Waals surface area (Å²) in [6.07, 6.45) is 7.70. The van der Waals surface area contributed by atoms with Gasteiger partial charge in [-0.2, -0.15) is 0 Å². The fraction of sp³-hybridized carbons (Fsp3) is 0.778. The molecule has 2 heteroatoms. The predicted octanol–water partition coefficient (Wildman–Crippen LogP) is 1.37. The molecule has 1 radical (unpaired) electrons. The van der Waals surface area contributed by atoms with Gasteiger partial charge in [-0.05, 0) is 32.1 Å². The number of hydrogen-bond donors (Lipinski definition) is 0. The van der Waals surface area contributed by atoms with Crippen LogP contribution in [0.15, 0.2) is 0 Å². The molecular weight excluding hydrogens is 138 g/mol. The minimum atomic E-state index is 0.380. The Morgan fingerprint density at radius 3 is 3.00 bits per heavy atom. The van der Waals surface area contributed by atoms with E-state index in [0.717, 1.165) is 25.8 Å². The summed E-state index contributed by atoms with van der Waals surface area (Å²) in [7, 11) is 0. The molecule has 0 aromatic carbocycles. The zero-order valence-corrected chi connectivity index (χ0v) is 6.75. The van der Waals surface area contributed by atoms with Crippen molar-refractivity contribution < 1.29 is 4.79 Å². The molecule has 0 spiro atoms. The molecule has 11 heavy (non-hydrogen) atoms. The SMILES string of the molecule is O=C1CCCN1C1C[CH]CC1. The van der Waals surface area contributed by atoms with Crippen molar-refractivity contribution in [3.8, 4) is 0 Å². The Kier molecular flexibility index (Phi) is 1.84. The highest BCUT2D eigenvalue weighted by Gasteiger charge is 2.29. The quantitative estimate of drug-likeness (QED) is 0.555. The lowest BCUT2D eigenvalue weighted by molar-refractivity contribution is -0.129. The third-order valence-corrected chi connectivity index (χ3v) is 2.69. The third-order valence-electron chi connectivity index (χ3n) is 2.69. The summed E-state index contributed by atoms with van der Waals surface area (Å²) in [6.45, 7) is 1.01. The fourth-order valence-corrected chi connectivity index (χ4v) is 2.08. The highest BCUT2D eigenvalue weighted by atomic mass is 16.2. The molecule has 0 aromatic rings. The molecule has 1 saturated carbocycles. The molecule has 1 atom stereocenters. The van der Waals surface area contributed by atoms with E-state index in [1.54, 1.807) is 0 Å². The van der Waals surface area contributed by atoms with Gasteiger partial charge in [0, 0.05) is 19.0 Å². The van der Waals surface area contributed by atoms with Crippen molar-refractivity contribution in [1.82, 2.24) is 4.90 Å². The maximum absolute atomic E-state index is 11.3. The zero-order chi connectivity index (χ0) is 7.68. The molecule has 1 heterocycles. The second kappa shape index (κ2) is 2.84. The highest BCUT2D eigenvalue weighted by Crippen LogP contribution is 2.26. The number of rotatable bonds is 1. The first-order valence-corrected chi connectivity index (χ1v) is 4.49. The Labute approximate surface area is 67.6 Å². The molecule has 61 valence electrons. The van der Waals surface area contributed by atoms with E-state index in [4.69, 9.17) is 0 Å². The second-order valence-electron chi connectivity index (χ2n) is 3.45. The number of carbonyl (C=O) groups excluding carboxylic acids is 1. The lowest BCUT2D eigenvalue weighted by Crippen LogP contribution is -2.33. The van der Waals surface area contributed by atoms with Crippen LogP contribution in [0.4, 0.5) is 0 Å². The topological polar surface area (TPSA) is 20.3 Å². The van der Waals surface area contributed by atoms with Gasteiger partial charge in [-0.1, -0.05) is 0 Å². The Morgan fingerprint density at radius 1 is 1.55 bits per heavy atom. The molecule has 2 fully saturated rings. The van der Waals surface area contributed by atoms with Gasteiger partial charge in [0.25, 0.3) is 0 Å². The zero-order valence-electron chi connectivity index (χ0n) is 6.75. The van der Waals surface area contributed by atoms with E-state index in [1.807, 2.05) is 0 Å². The van der Waals surface area contributed by atoms with Gasteiger partial charge >= 0.3 is 0 Å². The van der Waals surface area contributed by atoms with Crippen LogP contribution in [-0.4, -0.2) is 23.4 Å². The van der Waals surface area contributed by atoms with Gasteiger partial charge in [-0.25, -0.2) is 0 Å². The summed E-state index contributed by atoms with van der Waals surface area (Å²) in [5.41, 5.74) is 0. The molecule has 1 unspecified atom stereocenters. The molecule has 2 nitrogen and oxygen atoms in total. The van der Waals surface area contributed by atoms with Crippen molar-refractivity contribution in [3.05, 3.63) is 6.42 Å². The minimum absolute atomic E-state index is 0.380. The van der Waals surface area contributed by atoms with Crippen LogP contribution in [0.3, 0.4) is 0 Å². The van der Waals surface area contributed by atoms with Crippen LogP contribution in [0.1, 0.15) is 32.1 Å². The average molecular weight is 152 g/mol. The Bertz CT molecular complexity index is 161. The Balaban J connectivity index is 1.97. The third kappa shape index (κ3) is 1.26. The van der Waals surface area contributed by atoms with Crippen LogP contribution in [0.5, 0.6) is 0 Å². The maximum Gasteiger partial charge on any atom is 0.222 e. The van der Waals surface area contributed by atoms with Crippen molar-refractivity contribution in [1.29, 1.82) is 0 Å². The maximum atomic E-state index is 11.3. The first-order valence-electron chi connectivity index (χ1n) is 4.49. The van der Waals surface area contributed by atoms with Crippen molar-refractivity contribution in [2.75, 3.05) is 6.54 Å². The van der Waals surface area contributed by atoms with Crippen molar-refractivity contribution in [2.45, 2.75) is 38.1 Å². The van der Waals surface area contributed by atoms with Crippen LogP contribution in [0.2, 0.25) is 0 Å². The molecule has 1 saturated heterocycles. The summed E-state index contributed by atoms with van der Waals surface area (Å²) in [5, 5.41) is 0. The smallest absolute Gasteiger partial charge is 0.222 e. The standard InChI is InChI=1S/C9H14NO/c11-9-6-3-7-10(9)8-4-1-2-5-8/h1,8H,2-7H2. The Morgan fingerprint density at radius 2 is 2.45 bits per heavy atom. The highest BCUT2D eigenvalue weighted by molar-refractivity contribution is 5.78. The van der Waals surface area contributed by atoms with E-state index >= 15 is 0 Å². The van der Waals surface area contributed by atoms with Crippen molar-refractivity contribution in [2.24, 2.45) is 0 Å². The number of amides is 1. The molecule has 0 bridgehead atoms. The molecule has 1 amide bonds. The number of hydrogen-bond acceptors (Lipinski definition) is 1. The van der Waals surface area contributed by atoms with Crippen molar-refractivity contribution >= 4 is 5.91 Å². The van der Waals surface area contributed by atoms with Crippen LogP contribution >= 0.6 is 0 Å². The Hall–Kier alpha value is -0.530. The normalized spacial score (nSPS) is 26.9. The number of nitrogens with zero attached hydrogens (tertiary/aromatic N) is 1. The molecule has 1 aliphatic heterocycles. The number of likely N-dealkylation sites (tertiary alicyclic amines) is 1. The second-order valence-corrected chi connectivity index (χ2v) is 3.45. The van der Waals surface area contributed by atoms with Crippen LogP contribution in [-0.2, 0) is 4.79 Å². The van der Waals surface area contributed by atoms with E-state index in [2.05, 4.69) is 11.3 Å². The average Bonchev–Trinajstić information content (AvgIpc) is 2.55. The lowest BCUT2D eigenvalue weighted by Gasteiger charge is -2.22. The monoisotopic (exact) mass is 152 g/mol. The van der Waals surface area contributed by atoms with Crippen molar-refractivity contribution in [3.63, 3.8) is 0 Å². The summed E-state index contributed by atoms with van der Waals surface area (Å²) in [5.74, 6) is 0.380. The summed E-state index contributed by atoms with van der Waals surface area (Å²) >= 11 is 0. The van der Waals surface area contributed by atoms with Gasteiger partial charge in [0.1, 0.15) is 0 Å². The first-order chi connectivity index (χ1) is 5.38. The van der Waals surface area contributed by atoms with Crippen LogP contribution in [0, 0.1) is 6.42 Å². The largest absolute Gasteiger partial charge is 0.340 e. The summed E-state index contributed by atoms with van der Waals surface area (Å²) in [6, 6.07) is 0.560. The van der Waals surface area contributed by atoms with Crippen LogP contribution in [0.25, 0.3) is 0 Å². The molecule has 0 aromatic heterocycles. The van der Waals surface area contributed by atoms with Gasteiger partial charge in [0.15, 0.2) is 0 Å². The van der Waals surface area contributed by atoms with Gasteiger partial charge in [-0.3, -0.25) is 4.79 Å². The molecule has 2 rings (SSSR count). The summed E-state index contributed by atoms with van der Waals surface area (Å²) in [4.78, 5) is 13.3. The number of carbonyl (C=O) groups is 1. The fourth-order valence-electron chi connectivity index (χ4n) is 2.08. The van der Waals surface area contributed by atoms with E-state index in [-0.39, 0.29) is 0 Å². The van der Waals surface area contributed by atoms with Gasteiger partial charge in [0.2, 0.25) is 5.91 Å². The predicted molar refractivity (Wildman–Crippen MR) is 42.9 cm³/mol. The van der Waals surface area contributed by atoms with E-state index < -0.39 is 0 Å². The van der Waals surface area contributed by atoms with E-state index in [0.29, 0.717) is 11.9 Å². The van der Waals surface area contributed by atoms with E-state index in [9.17, 15) is 4.79 Å².